The van der Waals surface area contributed by atoms with Crippen LogP contribution in [-0.4, -0.2) is 46.8 Å². The topological polar surface area (TPSA) is 133 Å². The Labute approximate surface area is 221 Å². The van der Waals surface area contributed by atoms with Crippen molar-refractivity contribution in [2.75, 3.05) is 0 Å². The van der Waals surface area contributed by atoms with Crippen LogP contribution in [0, 0.1) is 0 Å². The first-order valence-corrected chi connectivity index (χ1v) is 12.2. The van der Waals surface area contributed by atoms with Crippen molar-refractivity contribution in [2.24, 2.45) is 0 Å². The second kappa shape index (κ2) is 12.3. The van der Waals surface area contributed by atoms with Crippen LogP contribution in [0.3, 0.4) is 0 Å². The van der Waals surface area contributed by atoms with E-state index in [1.54, 1.807) is 10.9 Å². The van der Waals surface area contributed by atoms with Crippen LogP contribution in [0.2, 0.25) is 0 Å². The lowest BCUT2D eigenvalue weighted by Gasteiger charge is -2.12. The van der Waals surface area contributed by atoms with Crippen molar-refractivity contribution >= 4 is 11.8 Å². The zero-order valence-corrected chi connectivity index (χ0v) is 21.0. The van der Waals surface area contributed by atoms with Crippen LogP contribution in [0.25, 0.3) is 0 Å². The van der Waals surface area contributed by atoms with Gasteiger partial charge < -0.3 is 10.6 Å². The lowest BCUT2D eigenvalue weighted by molar-refractivity contribution is -0.137. The second-order valence-electron chi connectivity index (χ2n) is 8.76. The maximum Gasteiger partial charge on any atom is 0.416 e. The molecular weight excluding hydrogens is 515 g/mol. The number of benzene rings is 1. The molecule has 11 nitrogen and oxygen atoms in total. The number of aryl methyl sites for hydroxylation is 2. The van der Waals surface area contributed by atoms with E-state index < -0.39 is 17.6 Å². The SMILES string of the molecule is CC(NC(=O)c1cn(CCCCn2cc(C(=O)NCc3cc(C(F)(F)F)ccn3)nn2)nn1)c1ccccc1. The highest BCUT2D eigenvalue weighted by Crippen LogP contribution is 2.28. The predicted molar refractivity (Wildman–Crippen MR) is 132 cm³/mol. The fourth-order valence-corrected chi connectivity index (χ4v) is 3.68. The highest BCUT2D eigenvalue weighted by atomic mass is 19.4. The van der Waals surface area contributed by atoms with Crippen molar-refractivity contribution in [3.05, 3.63) is 89.3 Å². The Morgan fingerprint density at radius 2 is 1.54 bits per heavy atom. The lowest BCUT2D eigenvalue weighted by Crippen LogP contribution is -2.26. The number of amides is 2. The molecule has 0 spiro atoms. The number of unbranched alkanes of at least 4 members (excludes halogenated alkanes) is 1. The molecule has 4 aromatic rings. The van der Waals surface area contributed by atoms with E-state index in [9.17, 15) is 22.8 Å². The number of pyridine rings is 1. The van der Waals surface area contributed by atoms with Gasteiger partial charge in [-0.1, -0.05) is 40.8 Å². The average molecular weight is 542 g/mol. The summed E-state index contributed by atoms with van der Waals surface area (Å²) in [6, 6.07) is 11.2. The van der Waals surface area contributed by atoms with Gasteiger partial charge in [-0.3, -0.25) is 23.9 Å². The van der Waals surface area contributed by atoms with Gasteiger partial charge in [0.1, 0.15) is 0 Å². The van der Waals surface area contributed by atoms with Gasteiger partial charge in [0.15, 0.2) is 11.4 Å². The first kappa shape index (κ1) is 27.4. The minimum absolute atomic E-state index is 0.0404. The molecule has 0 bridgehead atoms. The molecule has 0 aliphatic rings. The largest absolute Gasteiger partial charge is 0.416 e. The van der Waals surface area contributed by atoms with Gasteiger partial charge in [0.2, 0.25) is 0 Å². The summed E-state index contributed by atoms with van der Waals surface area (Å²) in [7, 11) is 0. The highest BCUT2D eigenvalue weighted by Gasteiger charge is 2.30. The summed E-state index contributed by atoms with van der Waals surface area (Å²) in [5.74, 6) is -0.884. The third kappa shape index (κ3) is 7.69. The summed E-state index contributed by atoms with van der Waals surface area (Å²) in [6.45, 7) is 2.72. The monoisotopic (exact) mass is 541 g/mol. The van der Waals surface area contributed by atoms with Crippen molar-refractivity contribution in [2.45, 2.75) is 51.6 Å². The standard InChI is InChI=1S/C25H26F3N9O2/c1-17(18-7-3-2-4-8-18)31-24(39)22-16-37(35-33-22)12-6-5-11-36-15-21(32-34-36)23(38)30-14-20-13-19(9-10-29-20)25(26,27)28/h2-4,7-10,13,15-17H,5-6,11-12,14H2,1H3,(H,30,38)(H,31,39). The zero-order valence-electron chi connectivity index (χ0n) is 21.0. The van der Waals surface area contributed by atoms with E-state index >= 15 is 0 Å². The van der Waals surface area contributed by atoms with Crippen LogP contribution >= 0.6 is 0 Å². The van der Waals surface area contributed by atoms with Crippen LogP contribution in [0.15, 0.2) is 61.1 Å². The Kier molecular flexibility index (Phi) is 8.63. The molecule has 1 aromatic carbocycles. The second-order valence-corrected chi connectivity index (χ2v) is 8.76. The molecule has 0 radical (unpaired) electrons. The minimum atomic E-state index is -4.49. The third-order valence-corrected chi connectivity index (χ3v) is 5.79. The number of nitrogens with one attached hydrogen (secondary N) is 2. The van der Waals surface area contributed by atoms with E-state index in [-0.39, 0.29) is 35.6 Å². The summed E-state index contributed by atoms with van der Waals surface area (Å²) >= 11 is 0. The number of carbonyl (C=O) groups is 2. The minimum Gasteiger partial charge on any atom is -0.345 e. The van der Waals surface area contributed by atoms with E-state index in [1.807, 2.05) is 37.3 Å². The first-order valence-electron chi connectivity index (χ1n) is 12.2. The lowest BCUT2D eigenvalue weighted by atomic mass is 10.1. The van der Waals surface area contributed by atoms with Crippen molar-refractivity contribution in [1.82, 2.24) is 45.6 Å². The number of nitrogens with zero attached hydrogens (tertiary/aromatic N) is 7. The highest BCUT2D eigenvalue weighted by molar-refractivity contribution is 5.92. The average Bonchev–Trinajstić information content (AvgIpc) is 3.60. The fourth-order valence-electron chi connectivity index (χ4n) is 3.68. The van der Waals surface area contributed by atoms with Crippen molar-refractivity contribution < 1.29 is 22.8 Å². The third-order valence-electron chi connectivity index (χ3n) is 5.79. The summed E-state index contributed by atoms with van der Waals surface area (Å²) in [5, 5.41) is 21.1. The zero-order chi connectivity index (χ0) is 27.8. The molecule has 204 valence electrons. The van der Waals surface area contributed by atoms with Crippen LogP contribution < -0.4 is 10.6 Å². The van der Waals surface area contributed by atoms with Crippen LogP contribution in [-0.2, 0) is 25.8 Å². The quantitative estimate of drug-likeness (QED) is 0.279. The predicted octanol–water partition coefficient (Wildman–Crippen LogP) is 3.18. The molecule has 0 aliphatic carbocycles. The van der Waals surface area contributed by atoms with E-state index in [2.05, 4.69) is 36.2 Å². The smallest absolute Gasteiger partial charge is 0.345 e. The molecule has 4 rings (SSSR count). The Bertz CT molecular complexity index is 1400. The molecule has 0 saturated heterocycles. The van der Waals surface area contributed by atoms with Crippen molar-refractivity contribution in [1.29, 1.82) is 0 Å². The molecule has 3 aromatic heterocycles. The summed E-state index contributed by atoms with van der Waals surface area (Å²) in [4.78, 5) is 28.6. The van der Waals surface area contributed by atoms with Gasteiger partial charge >= 0.3 is 6.18 Å². The summed E-state index contributed by atoms with van der Waals surface area (Å²) in [5.41, 5.74) is 0.490. The molecule has 1 atom stereocenters. The van der Waals surface area contributed by atoms with E-state index in [1.165, 1.54) is 10.9 Å². The van der Waals surface area contributed by atoms with Crippen LogP contribution in [0.1, 0.15) is 63.6 Å². The molecule has 1 unspecified atom stereocenters. The van der Waals surface area contributed by atoms with E-state index in [4.69, 9.17) is 0 Å². The Morgan fingerprint density at radius 1 is 0.923 bits per heavy atom. The summed E-state index contributed by atoms with van der Waals surface area (Å²) < 4.78 is 41.6. The van der Waals surface area contributed by atoms with E-state index in [0.29, 0.717) is 25.9 Å². The Balaban J connectivity index is 1.19. The molecule has 39 heavy (non-hydrogen) atoms. The fraction of sp³-hybridized carbons (Fsp3) is 0.320. The van der Waals surface area contributed by atoms with Gasteiger partial charge in [0.25, 0.3) is 11.8 Å². The van der Waals surface area contributed by atoms with Crippen LogP contribution in [0.4, 0.5) is 13.2 Å². The molecule has 0 fully saturated rings. The van der Waals surface area contributed by atoms with Gasteiger partial charge in [-0.05, 0) is 37.5 Å². The normalized spacial score (nSPS) is 12.2. The molecule has 3 heterocycles. The van der Waals surface area contributed by atoms with Crippen molar-refractivity contribution in [3.8, 4) is 0 Å². The summed E-state index contributed by atoms with van der Waals surface area (Å²) in [6.07, 6.45) is 0.988. The Morgan fingerprint density at radius 3 is 2.15 bits per heavy atom. The van der Waals surface area contributed by atoms with Gasteiger partial charge in [-0.25, -0.2) is 0 Å². The number of halogens is 3. The molecule has 2 amide bonds. The first-order chi connectivity index (χ1) is 18.7. The van der Waals surface area contributed by atoms with Gasteiger partial charge in [-0.15, -0.1) is 10.2 Å². The number of hydrogen-bond acceptors (Lipinski definition) is 7. The molecule has 0 saturated carbocycles. The maximum atomic E-state index is 12.8. The molecule has 14 heteroatoms. The van der Waals surface area contributed by atoms with Crippen molar-refractivity contribution in [3.63, 3.8) is 0 Å². The number of alkyl halides is 3. The number of aromatic nitrogens is 7. The maximum absolute atomic E-state index is 12.8. The van der Waals surface area contributed by atoms with Gasteiger partial charge in [0.05, 0.1) is 36.2 Å². The molecule has 0 aliphatic heterocycles. The molecule has 2 N–H and O–H groups in total. The van der Waals surface area contributed by atoms with Gasteiger partial charge in [0, 0.05) is 19.3 Å². The Hall–Kier alpha value is -4.62. The number of hydrogen-bond donors (Lipinski definition) is 2. The van der Waals surface area contributed by atoms with Gasteiger partial charge in [-0.2, -0.15) is 13.2 Å². The number of carbonyl (C=O) groups excluding carboxylic acids is 2. The number of rotatable bonds is 11. The molecular formula is C25H26F3N9O2. The van der Waals surface area contributed by atoms with Crippen LogP contribution in [0.5, 0.6) is 0 Å². The van der Waals surface area contributed by atoms with E-state index in [0.717, 1.165) is 23.9 Å².